The number of carbonyl (C=O) groups excluding carboxylic acids is 1. The molecule has 1 aliphatic heterocycles. The van der Waals surface area contributed by atoms with Crippen LogP contribution >= 0.6 is 0 Å². The summed E-state index contributed by atoms with van der Waals surface area (Å²) in [6.45, 7) is 3.69. The Balaban J connectivity index is 1.91. The molecule has 1 aromatic rings. The van der Waals surface area contributed by atoms with Crippen LogP contribution < -0.4 is 5.32 Å². The van der Waals surface area contributed by atoms with Gasteiger partial charge in [-0.3, -0.25) is 4.79 Å². The van der Waals surface area contributed by atoms with Crippen molar-refractivity contribution in [1.29, 1.82) is 5.26 Å². The number of hydrogen-bond acceptors (Lipinski definition) is 3. The number of amides is 1. The van der Waals surface area contributed by atoms with E-state index in [9.17, 15) is 4.79 Å². The van der Waals surface area contributed by atoms with Crippen molar-refractivity contribution in [1.82, 2.24) is 4.90 Å². The average molecular weight is 257 g/mol. The highest BCUT2D eigenvalue weighted by atomic mass is 16.2. The van der Waals surface area contributed by atoms with Crippen LogP contribution in [0, 0.1) is 18.3 Å². The number of likely N-dealkylation sites (tertiary alicyclic amines) is 1. The van der Waals surface area contributed by atoms with Crippen LogP contribution in [0.3, 0.4) is 0 Å². The lowest BCUT2D eigenvalue weighted by molar-refractivity contribution is -0.130. The maximum Gasteiger partial charge on any atom is 0.225 e. The number of aryl methyl sites for hydroxylation is 1. The van der Waals surface area contributed by atoms with E-state index in [0.29, 0.717) is 0 Å². The molecule has 2 rings (SSSR count). The molecule has 1 heterocycles. The van der Waals surface area contributed by atoms with Gasteiger partial charge in [0.25, 0.3) is 0 Å². The van der Waals surface area contributed by atoms with Gasteiger partial charge in [0.2, 0.25) is 5.91 Å². The minimum absolute atomic E-state index is 0.0728. The molecule has 19 heavy (non-hydrogen) atoms. The lowest BCUT2D eigenvalue weighted by atomic mass is 10.1. The summed E-state index contributed by atoms with van der Waals surface area (Å²) in [7, 11) is 0. The first-order valence-corrected chi connectivity index (χ1v) is 6.69. The first kappa shape index (κ1) is 13.4. The molecule has 0 spiro atoms. The van der Waals surface area contributed by atoms with E-state index in [4.69, 9.17) is 5.26 Å². The zero-order valence-electron chi connectivity index (χ0n) is 11.2. The van der Waals surface area contributed by atoms with Crippen molar-refractivity contribution in [2.75, 3.05) is 18.4 Å². The summed E-state index contributed by atoms with van der Waals surface area (Å²) in [6, 6.07) is 9.53. The van der Waals surface area contributed by atoms with Crippen LogP contribution in [0.1, 0.15) is 24.8 Å². The van der Waals surface area contributed by atoms with Crippen molar-refractivity contribution < 1.29 is 4.79 Å². The van der Waals surface area contributed by atoms with E-state index in [1.54, 1.807) is 0 Å². The maximum atomic E-state index is 12.0. The van der Waals surface area contributed by atoms with Crippen LogP contribution in [0.15, 0.2) is 24.3 Å². The molecule has 1 N–H and O–H groups in total. The summed E-state index contributed by atoms with van der Waals surface area (Å²) in [5.74, 6) is 0.0728. The average Bonchev–Trinajstić information content (AvgIpc) is 2.94. The molecular weight excluding hydrogens is 238 g/mol. The summed E-state index contributed by atoms with van der Waals surface area (Å²) in [5, 5.41) is 12.3. The Hall–Kier alpha value is -2.02. The van der Waals surface area contributed by atoms with E-state index >= 15 is 0 Å². The molecule has 0 bridgehead atoms. The SMILES string of the molecule is Cc1ccc(NC(C#N)CC(=O)N2CCCC2)cc1. The largest absolute Gasteiger partial charge is 0.369 e. The highest BCUT2D eigenvalue weighted by Gasteiger charge is 2.21. The zero-order valence-corrected chi connectivity index (χ0v) is 11.2. The summed E-state index contributed by atoms with van der Waals surface area (Å²) in [6.07, 6.45) is 2.40. The Morgan fingerprint density at radius 1 is 1.37 bits per heavy atom. The lowest BCUT2D eigenvalue weighted by Gasteiger charge is -2.18. The zero-order chi connectivity index (χ0) is 13.7. The van der Waals surface area contributed by atoms with E-state index in [-0.39, 0.29) is 12.3 Å². The fourth-order valence-electron chi connectivity index (χ4n) is 2.25. The summed E-state index contributed by atoms with van der Waals surface area (Å²) >= 11 is 0. The Morgan fingerprint density at radius 3 is 2.58 bits per heavy atom. The van der Waals surface area contributed by atoms with Crippen molar-refractivity contribution >= 4 is 11.6 Å². The molecule has 4 nitrogen and oxygen atoms in total. The number of rotatable bonds is 4. The van der Waals surface area contributed by atoms with Crippen molar-refractivity contribution in [2.24, 2.45) is 0 Å². The van der Waals surface area contributed by atoms with Gasteiger partial charge in [-0.1, -0.05) is 17.7 Å². The summed E-state index contributed by atoms with van der Waals surface area (Å²) in [4.78, 5) is 13.8. The van der Waals surface area contributed by atoms with Crippen molar-refractivity contribution in [3.8, 4) is 6.07 Å². The normalized spacial score (nSPS) is 15.9. The molecule has 1 aromatic carbocycles. The smallest absolute Gasteiger partial charge is 0.225 e. The van der Waals surface area contributed by atoms with E-state index in [0.717, 1.165) is 31.6 Å². The van der Waals surface area contributed by atoms with Crippen LogP contribution in [0.4, 0.5) is 5.69 Å². The lowest BCUT2D eigenvalue weighted by Crippen LogP contribution is -2.32. The van der Waals surface area contributed by atoms with E-state index in [1.165, 1.54) is 5.56 Å². The van der Waals surface area contributed by atoms with Gasteiger partial charge in [-0.05, 0) is 31.9 Å². The first-order valence-electron chi connectivity index (χ1n) is 6.69. The molecule has 4 heteroatoms. The predicted octanol–water partition coefficient (Wildman–Crippen LogP) is 2.31. The van der Waals surface area contributed by atoms with E-state index in [1.807, 2.05) is 36.1 Å². The second kappa shape index (κ2) is 6.24. The third kappa shape index (κ3) is 3.72. The number of carbonyl (C=O) groups is 1. The third-order valence-electron chi connectivity index (χ3n) is 3.39. The van der Waals surface area contributed by atoms with Crippen molar-refractivity contribution in [3.63, 3.8) is 0 Å². The fraction of sp³-hybridized carbons (Fsp3) is 0.467. The highest BCUT2D eigenvalue weighted by molar-refractivity contribution is 5.78. The first-order chi connectivity index (χ1) is 9.19. The summed E-state index contributed by atoms with van der Waals surface area (Å²) in [5.41, 5.74) is 2.05. The maximum absolute atomic E-state index is 12.0. The van der Waals surface area contributed by atoms with Gasteiger partial charge in [0.15, 0.2) is 0 Å². The topological polar surface area (TPSA) is 56.1 Å². The summed E-state index contributed by atoms with van der Waals surface area (Å²) < 4.78 is 0. The fourth-order valence-corrected chi connectivity index (χ4v) is 2.25. The molecule has 0 aromatic heterocycles. The second-order valence-corrected chi connectivity index (χ2v) is 4.98. The second-order valence-electron chi connectivity index (χ2n) is 4.98. The van der Waals surface area contributed by atoms with E-state index in [2.05, 4.69) is 11.4 Å². The quantitative estimate of drug-likeness (QED) is 0.900. The van der Waals surface area contributed by atoms with Gasteiger partial charge >= 0.3 is 0 Å². The molecule has 1 aliphatic rings. The molecule has 1 fully saturated rings. The van der Waals surface area contributed by atoms with E-state index < -0.39 is 6.04 Å². The molecule has 0 radical (unpaired) electrons. The van der Waals surface area contributed by atoms with Crippen LogP contribution in [-0.2, 0) is 4.79 Å². The van der Waals surface area contributed by atoms with Crippen LogP contribution in [0.5, 0.6) is 0 Å². The minimum atomic E-state index is -0.462. The molecule has 1 atom stereocenters. The van der Waals surface area contributed by atoms with Gasteiger partial charge in [-0.15, -0.1) is 0 Å². The molecule has 1 saturated heterocycles. The van der Waals surface area contributed by atoms with Crippen molar-refractivity contribution in [2.45, 2.75) is 32.2 Å². The van der Waals surface area contributed by atoms with Gasteiger partial charge in [0.1, 0.15) is 6.04 Å². The van der Waals surface area contributed by atoms with Gasteiger partial charge < -0.3 is 10.2 Å². The van der Waals surface area contributed by atoms with Gasteiger partial charge in [-0.2, -0.15) is 5.26 Å². The van der Waals surface area contributed by atoms with Crippen molar-refractivity contribution in [3.05, 3.63) is 29.8 Å². The third-order valence-corrected chi connectivity index (χ3v) is 3.39. The molecular formula is C15H19N3O. The number of benzene rings is 1. The van der Waals surface area contributed by atoms with Crippen LogP contribution in [0.2, 0.25) is 0 Å². The standard InChI is InChI=1S/C15H19N3O/c1-12-4-6-13(7-5-12)17-14(11-16)10-15(19)18-8-2-3-9-18/h4-7,14,17H,2-3,8-10H2,1H3. The molecule has 1 amide bonds. The molecule has 1 unspecified atom stereocenters. The molecule has 0 saturated carbocycles. The minimum Gasteiger partial charge on any atom is -0.369 e. The monoisotopic (exact) mass is 257 g/mol. The Bertz CT molecular complexity index is 469. The Kier molecular flexibility index (Phi) is 4.40. The van der Waals surface area contributed by atoms with Gasteiger partial charge in [0.05, 0.1) is 12.5 Å². The highest BCUT2D eigenvalue weighted by Crippen LogP contribution is 2.14. The van der Waals surface area contributed by atoms with Gasteiger partial charge in [-0.25, -0.2) is 0 Å². The Labute approximate surface area is 114 Å². The predicted molar refractivity (Wildman–Crippen MR) is 74.6 cm³/mol. The number of nitriles is 1. The molecule has 100 valence electrons. The number of nitrogens with one attached hydrogen (secondary N) is 1. The molecule has 0 aliphatic carbocycles. The van der Waals surface area contributed by atoms with Crippen LogP contribution in [0.25, 0.3) is 0 Å². The number of anilines is 1. The Morgan fingerprint density at radius 2 is 2.00 bits per heavy atom. The van der Waals surface area contributed by atoms with Gasteiger partial charge in [0, 0.05) is 18.8 Å². The van der Waals surface area contributed by atoms with Crippen LogP contribution in [-0.4, -0.2) is 29.9 Å². The number of nitrogens with zero attached hydrogens (tertiary/aromatic N) is 2. The number of hydrogen-bond donors (Lipinski definition) is 1.